The Morgan fingerprint density at radius 1 is 1.50 bits per heavy atom. The zero-order valence-corrected chi connectivity index (χ0v) is 7.76. The van der Waals surface area contributed by atoms with Gasteiger partial charge in [0.15, 0.2) is 5.78 Å². The molecule has 2 nitrogen and oxygen atoms in total. The summed E-state index contributed by atoms with van der Waals surface area (Å²) in [5.74, 6) is 0.332. The monoisotopic (exact) mass is 168 g/mol. The largest absolute Gasteiger partial charge is 0.382 e. The number of carbonyl (C=O) groups excluding carboxylic acids is 1. The van der Waals surface area contributed by atoms with Gasteiger partial charge >= 0.3 is 0 Å². The molecule has 2 aliphatic rings. The molecule has 68 valence electrons. The summed E-state index contributed by atoms with van der Waals surface area (Å²) in [4.78, 5) is 11.4. The van der Waals surface area contributed by atoms with Crippen molar-refractivity contribution in [2.24, 2.45) is 11.3 Å². The average molecular weight is 168 g/mol. The van der Waals surface area contributed by atoms with Crippen LogP contribution in [0.1, 0.15) is 39.5 Å². The van der Waals surface area contributed by atoms with Crippen LogP contribution in [0.3, 0.4) is 0 Å². The summed E-state index contributed by atoms with van der Waals surface area (Å²) in [5, 5.41) is 10.1. The lowest BCUT2D eigenvalue weighted by atomic mass is 9.87. The summed E-state index contributed by atoms with van der Waals surface area (Å²) in [5.41, 5.74) is -0.779. The van der Waals surface area contributed by atoms with Gasteiger partial charge in [-0.1, -0.05) is 13.8 Å². The highest BCUT2D eigenvalue weighted by Crippen LogP contribution is 2.53. The number of ketones is 1. The molecule has 0 saturated heterocycles. The van der Waals surface area contributed by atoms with Gasteiger partial charge in [0.2, 0.25) is 0 Å². The highest BCUT2D eigenvalue weighted by atomic mass is 16.3. The van der Waals surface area contributed by atoms with Gasteiger partial charge in [-0.15, -0.1) is 0 Å². The second-order valence-electron chi connectivity index (χ2n) is 5.13. The van der Waals surface area contributed by atoms with E-state index in [0.29, 0.717) is 12.8 Å². The van der Waals surface area contributed by atoms with Crippen LogP contribution in [0.4, 0.5) is 0 Å². The standard InChI is InChI=1S/C10H16O2/c1-9(2)5-7-3-4-8(11)10(7,12)6-9/h7,12H,3-6H2,1-2H3/t7-,10-/m1/s1. The number of fused-ring (bicyclic) bond motifs is 1. The fourth-order valence-electron chi connectivity index (χ4n) is 2.97. The fourth-order valence-corrected chi connectivity index (χ4v) is 2.97. The summed E-state index contributed by atoms with van der Waals surface area (Å²) >= 11 is 0. The van der Waals surface area contributed by atoms with Crippen molar-refractivity contribution in [2.75, 3.05) is 0 Å². The molecule has 0 heterocycles. The molecule has 1 N–H and O–H groups in total. The first kappa shape index (κ1) is 8.24. The van der Waals surface area contributed by atoms with Gasteiger partial charge < -0.3 is 5.11 Å². The summed E-state index contributed by atoms with van der Waals surface area (Å²) < 4.78 is 0. The predicted octanol–water partition coefficient (Wildman–Crippen LogP) is 1.52. The topological polar surface area (TPSA) is 37.3 Å². The first-order chi connectivity index (χ1) is 5.44. The summed E-state index contributed by atoms with van der Waals surface area (Å²) in [6, 6.07) is 0. The van der Waals surface area contributed by atoms with E-state index in [1.54, 1.807) is 0 Å². The van der Waals surface area contributed by atoms with Gasteiger partial charge in [0.05, 0.1) is 0 Å². The third-order valence-electron chi connectivity index (χ3n) is 3.43. The third kappa shape index (κ3) is 0.939. The first-order valence-electron chi connectivity index (χ1n) is 4.70. The number of aliphatic hydroxyl groups is 1. The molecule has 2 aliphatic carbocycles. The third-order valence-corrected chi connectivity index (χ3v) is 3.43. The van der Waals surface area contributed by atoms with E-state index >= 15 is 0 Å². The van der Waals surface area contributed by atoms with Crippen molar-refractivity contribution in [1.82, 2.24) is 0 Å². The van der Waals surface area contributed by atoms with Crippen molar-refractivity contribution in [3.63, 3.8) is 0 Å². The lowest BCUT2D eigenvalue weighted by Crippen LogP contribution is -2.36. The van der Waals surface area contributed by atoms with Crippen LogP contribution in [0.5, 0.6) is 0 Å². The Kier molecular flexibility index (Phi) is 1.45. The molecule has 0 bridgehead atoms. The van der Waals surface area contributed by atoms with Crippen molar-refractivity contribution < 1.29 is 9.90 Å². The Hall–Kier alpha value is -0.370. The number of rotatable bonds is 0. The maximum atomic E-state index is 11.4. The number of hydrogen-bond acceptors (Lipinski definition) is 2. The van der Waals surface area contributed by atoms with Gasteiger partial charge in [-0.3, -0.25) is 4.79 Å². The molecule has 2 rings (SSSR count). The van der Waals surface area contributed by atoms with E-state index in [0.717, 1.165) is 12.8 Å². The SMILES string of the molecule is CC1(C)C[C@H]2CCC(=O)[C@@]2(O)C1. The maximum absolute atomic E-state index is 11.4. The molecule has 0 aromatic carbocycles. The molecule has 2 saturated carbocycles. The van der Waals surface area contributed by atoms with E-state index in [9.17, 15) is 9.90 Å². The molecule has 0 amide bonds. The molecule has 2 atom stereocenters. The normalized spacial score (nSPS) is 44.9. The van der Waals surface area contributed by atoms with Crippen LogP contribution in [0, 0.1) is 11.3 Å². The Balaban J connectivity index is 2.29. The molecule has 2 heteroatoms. The van der Waals surface area contributed by atoms with E-state index in [-0.39, 0.29) is 17.1 Å². The maximum Gasteiger partial charge on any atom is 0.164 e. The predicted molar refractivity (Wildman–Crippen MR) is 45.7 cm³/mol. The van der Waals surface area contributed by atoms with E-state index in [4.69, 9.17) is 0 Å². The molecule has 0 aromatic heterocycles. The first-order valence-corrected chi connectivity index (χ1v) is 4.70. The Bertz CT molecular complexity index is 232. The van der Waals surface area contributed by atoms with Gasteiger partial charge in [-0.25, -0.2) is 0 Å². The van der Waals surface area contributed by atoms with Crippen LogP contribution in [-0.4, -0.2) is 16.5 Å². The van der Waals surface area contributed by atoms with Crippen molar-refractivity contribution in [3.8, 4) is 0 Å². The highest BCUT2D eigenvalue weighted by molar-refractivity contribution is 5.90. The second kappa shape index (κ2) is 2.11. The minimum absolute atomic E-state index is 0.0816. The van der Waals surface area contributed by atoms with Gasteiger partial charge in [0.1, 0.15) is 5.60 Å². The molecule has 0 aromatic rings. The number of carbonyl (C=O) groups is 1. The molecule has 0 aliphatic heterocycles. The van der Waals surface area contributed by atoms with Gasteiger partial charge in [0.25, 0.3) is 0 Å². The highest BCUT2D eigenvalue weighted by Gasteiger charge is 2.56. The molecular weight excluding hydrogens is 152 g/mol. The van der Waals surface area contributed by atoms with Crippen LogP contribution in [0.15, 0.2) is 0 Å². The van der Waals surface area contributed by atoms with Crippen LogP contribution in [0.25, 0.3) is 0 Å². The van der Waals surface area contributed by atoms with E-state index < -0.39 is 5.60 Å². The van der Waals surface area contributed by atoms with Crippen molar-refractivity contribution in [3.05, 3.63) is 0 Å². The van der Waals surface area contributed by atoms with E-state index in [1.165, 1.54) is 0 Å². The Labute approximate surface area is 73.0 Å². The van der Waals surface area contributed by atoms with Crippen LogP contribution in [0.2, 0.25) is 0 Å². The Morgan fingerprint density at radius 2 is 2.17 bits per heavy atom. The van der Waals surface area contributed by atoms with Crippen LogP contribution in [-0.2, 0) is 4.79 Å². The Morgan fingerprint density at radius 3 is 2.75 bits per heavy atom. The fraction of sp³-hybridized carbons (Fsp3) is 0.900. The quantitative estimate of drug-likeness (QED) is 0.595. The smallest absolute Gasteiger partial charge is 0.164 e. The summed E-state index contributed by atoms with van der Waals surface area (Å²) in [6.07, 6.45) is 3.18. The van der Waals surface area contributed by atoms with E-state index in [1.807, 2.05) is 0 Å². The molecule has 0 radical (unpaired) electrons. The van der Waals surface area contributed by atoms with Gasteiger partial charge in [-0.05, 0) is 30.6 Å². The van der Waals surface area contributed by atoms with Gasteiger partial charge in [-0.2, -0.15) is 0 Å². The number of hydrogen-bond donors (Lipinski definition) is 1. The van der Waals surface area contributed by atoms with Gasteiger partial charge in [0, 0.05) is 6.42 Å². The van der Waals surface area contributed by atoms with Crippen molar-refractivity contribution >= 4 is 5.78 Å². The molecule has 2 fully saturated rings. The zero-order valence-electron chi connectivity index (χ0n) is 7.76. The minimum atomic E-state index is -0.941. The zero-order chi connectivity index (χ0) is 8.98. The van der Waals surface area contributed by atoms with Crippen LogP contribution >= 0.6 is 0 Å². The van der Waals surface area contributed by atoms with Crippen molar-refractivity contribution in [2.45, 2.75) is 45.1 Å². The summed E-state index contributed by atoms with van der Waals surface area (Å²) in [7, 11) is 0. The molecule has 12 heavy (non-hydrogen) atoms. The average Bonchev–Trinajstić information content (AvgIpc) is 2.27. The number of Topliss-reactive ketones (excluding diaryl/α,β-unsaturated/α-hetero) is 1. The lowest BCUT2D eigenvalue weighted by Gasteiger charge is -2.21. The second-order valence-corrected chi connectivity index (χ2v) is 5.13. The lowest BCUT2D eigenvalue weighted by molar-refractivity contribution is -0.135. The molecular formula is C10H16O2. The minimum Gasteiger partial charge on any atom is -0.382 e. The van der Waals surface area contributed by atoms with Crippen molar-refractivity contribution in [1.29, 1.82) is 0 Å². The molecule has 0 unspecified atom stereocenters. The van der Waals surface area contributed by atoms with Crippen LogP contribution < -0.4 is 0 Å². The van der Waals surface area contributed by atoms with E-state index in [2.05, 4.69) is 13.8 Å². The molecule has 0 spiro atoms. The summed E-state index contributed by atoms with van der Waals surface area (Å²) in [6.45, 7) is 4.27.